The third kappa shape index (κ3) is 4.49. The molecule has 0 aliphatic carbocycles. The lowest BCUT2D eigenvalue weighted by molar-refractivity contribution is -0.385. The average molecular weight is 415 g/mol. The average Bonchev–Trinajstić information content (AvgIpc) is 2.81. The molecule has 6 nitrogen and oxygen atoms in total. The van der Waals surface area contributed by atoms with Gasteiger partial charge in [-0.25, -0.2) is 0 Å². The van der Waals surface area contributed by atoms with E-state index in [1.807, 2.05) is 36.4 Å². The topological polar surface area (TPSA) is 66.7 Å². The maximum atomic E-state index is 13.1. The Balaban J connectivity index is 1.53. The fourth-order valence-corrected chi connectivity index (χ4v) is 4.21. The second-order valence-electron chi connectivity index (χ2n) is 7.83. The third-order valence-electron chi connectivity index (χ3n) is 5.78. The van der Waals surface area contributed by atoms with E-state index in [9.17, 15) is 14.9 Å². The smallest absolute Gasteiger partial charge is 0.282 e. The molecule has 1 aliphatic heterocycles. The number of rotatable bonds is 5. The molecule has 0 radical (unpaired) electrons. The van der Waals surface area contributed by atoms with Crippen molar-refractivity contribution < 1.29 is 9.72 Å². The molecule has 31 heavy (non-hydrogen) atoms. The molecule has 1 fully saturated rings. The largest absolute Gasteiger partial charge is 0.336 e. The van der Waals surface area contributed by atoms with Crippen LogP contribution in [0.5, 0.6) is 0 Å². The van der Waals surface area contributed by atoms with Gasteiger partial charge in [0.15, 0.2) is 0 Å². The molecule has 4 rings (SSSR count). The summed E-state index contributed by atoms with van der Waals surface area (Å²) in [6, 6.07) is 25.6. The first-order chi connectivity index (χ1) is 15.0. The van der Waals surface area contributed by atoms with E-state index < -0.39 is 4.92 Å². The number of benzene rings is 3. The van der Waals surface area contributed by atoms with Crippen molar-refractivity contribution in [2.45, 2.75) is 13.0 Å². The Bertz CT molecular complexity index is 1020. The van der Waals surface area contributed by atoms with Gasteiger partial charge in [0, 0.05) is 32.2 Å². The van der Waals surface area contributed by atoms with E-state index in [1.165, 1.54) is 17.2 Å². The summed E-state index contributed by atoms with van der Waals surface area (Å²) in [5.74, 6) is -0.276. The number of aryl methyl sites for hydroxylation is 1. The lowest BCUT2D eigenvalue weighted by Gasteiger charge is -2.39. The molecular weight excluding hydrogens is 390 g/mol. The molecule has 1 heterocycles. The van der Waals surface area contributed by atoms with E-state index >= 15 is 0 Å². The Hall–Kier alpha value is -3.51. The third-order valence-corrected chi connectivity index (χ3v) is 5.78. The number of hydrogen-bond acceptors (Lipinski definition) is 4. The molecule has 0 aromatic heterocycles. The molecule has 1 saturated heterocycles. The van der Waals surface area contributed by atoms with E-state index in [0.717, 1.165) is 5.56 Å². The standard InChI is InChI=1S/C25H25N3O3/c1-19-12-13-22(23(18-19)28(30)31)25(29)27-16-14-26(15-17-27)24(20-8-4-2-5-9-20)21-10-6-3-7-11-21/h2-13,18,24H,14-17H2,1H3. The summed E-state index contributed by atoms with van der Waals surface area (Å²) in [6.07, 6.45) is 0. The number of nitro benzene ring substituents is 1. The molecule has 3 aromatic rings. The van der Waals surface area contributed by atoms with Crippen molar-refractivity contribution in [1.29, 1.82) is 0 Å². The highest BCUT2D eigenvalue weighted by atomic mass is 16.6. The minimum Gasteiger partial charge on any atom is -0.336 e. The van der Waals surface area contributed by atoms with Crippen molar-refractivity contribution in [3.05, 3.63) is 111 Å². The van der Waals surface area contributed by atoms with Gasteiger partial charge in [0.25, 0.3) is 11.6 Å². The van der Waals surface area contributed by atoms with Gasteiger partial charge in [0.2, 0.25) is 0 Å². The number of amides is 1. The summed E-state index contributed by atoms with van der Waals surface area (Å²) < 4.78 is 0. The monoisotopic (exact) mass is 415 g/mol. The zero-order valence-electron chi connectivity index (χ0n) is 17.5. The predicted octanol–water partition coefficient (Wildman–Crippen LogP) is 4.45. The highest BCUT2D eigenvalue weighted by Gasteiger charge is 2.31. The van der Waals surface area contributed by atoms with Crippen LogP contribution in [0.1, 0.15) is 33.1 Å². The lowest BCUT2D eigenvalue weighted by atomic mass is 9.96. The summed E-state index contributed by atoms with van der Waals surface area (Å²) in [4.78, 5) is 28.1. The summed E-state index contributed by atoms with van der Waals surface area (Å²) in [6.45, 7) is 4.23. The Kier molecular flexibility index (Phi) is 6.09. The lowest BCUT2D eigenvalue weighted by Crippen LogP contribution is -2.50. The van der Waals surface area contributed by atoms with Crippen LogP contribution in [0.2, 0.25) is 0 Å². The number of nitrogens with zero attached hydrogens (tertiary/aromatic N) is 3. The summed E-state index contributed by atoms with van der Waals surface area (Å²) in [5, 5.41) is 11.4. The van der Waals surface area contributed by atoms with E-state index in [2.05, 4.69) is 29.2 Å². The first kappa shape index (κ1) is 20.8. The summed E-state index contributed by atoms with van der Waals surface area (Å²) >= 11 is 0. The van der Waals surface area contributed by atoms with Crippen LogP contribution >= 0.6 is 0 Å². The Labute approximate surface area is 181 Å². The molecule has 158 valence electrons. The molecule has 0 N–H and O–H groups in total. The molecule has 0 bridgehead atoms. The maximum absolute atomic E-state index is 13.1. The van der Waals surface area contributed by atoms with Crippen molar-refractivity contribution in [2.24, 2.45) is 0 Å². The summed E-state index contributed by atoms with van der Waals surface area (Å²) in [5.41, 5.74) is 3.22. The van der Waals surface area contributed by atoms with Gasteiger partial charge >= 0.3 is 0 Å². The number of hydrogen-bond donors (Lipinski definition) is 0. The van der Waals surface area contributed by atoms with Gasteiger partial charge in [0.1, 0.15) is 5.56 Å². The van der Waals surface area contributed by atoms with E-state index in [-0.39, 0.29) is 23.2 Å². The van der Waals surface area contributed by atoms with Crippen molar-refractivity contribution in [3.63, 3.8) is 0 Å². The molecule has 0 unspecified atom stereocenters. The van der Waals surface area contributed by atoms with Crippen LogP contribution < -0.4 is 0 Å². The first-order valence-electron chi connectivity index (χ1n) is 10.4. The van der Waals surface area contributed by atoms with Crippen LogP contribution in [0.15, 0.2) is 78.9 Å². The zero-order chi connectivity index (χ0) is 21.8. The fraction of sp³-hybridized carbons (Fsp3) is 0.240. The van der Waals surface area contributed by atoms with Crippen LogP contribution in [0, 0.1) is 17.0 Å². The normalized spacial score (nSPS) is 14.6. The van der Waals surface area contributed by atoms with Crippen molar-refractivity contribution in [1.82, 2.24) is 9.80 Å². The number of carbonyl (C=O) groups excluding carboxylic acids is 1. The second-order valence-corrected chi connectivity index (χ2v) is 7.83. The highest BCUT2D eigenvalue weighted by molar-refractivity contribution is 5.98. The van der Waals surface area contributed by atoms with E-state index in [0.29, 0.717) is 26.2 Å². The SMILES string of the molecule is Cc1ccc(C(=O)N2CCN(C(c3ccccc3)c3ccccc3)CC2)c([N+](=O)[O-])c1. The molecule has 0 spiro atoms. The summed E-state index contributed by atoms with van der Waals surface area (Å²) in [7, 11) is 0. The van der Waals surface area contributed by atoms with Crippen LogP contribution in [0.4, 0.5) is 5.69 Å². The molecule has 1 amide bonds. The predicted molar refractivity (Wildman–Crippen MR) is 120 cm³/mol. The number of carbonyl (C=O) groups is 1. The molecule has 6 heteroatoms. The van der Waals surface area contributed by atoms with Crippen molar-refractivity contribution in [2.75, 3.05) is 26.2 Å². The maximum Gasteiger partial charge on any atom is 0.282 e. The Morgan fingerprint density at radius 1 is 0.871 bits per heavy atom. The molecule has 3 aromatic carbocycles. The fourth-order valence-electron chi connectivity index (χ4n) is 4.21. The van der Waals surface area contributed by atoms with Gasteiger partial charge in [-0.1, -0.05) is 66.7 Å². The van der Waals surface area contributed by atoms with E-state index in [1.54, 1.807) is 24.0 Å². The van der Waals surface area contributed by atoms with Gasteiger partial charge in [-0.15, -0.1) is 0 Å². The van der Waals surface area contributed by atoms with Gasteiger partial charge in [-0.3, -0.25) is 19.8 Å². The van der Waals surface area contributed by atoms with E-state index in [4.69, 9.17) is 0 Å². The van der Waals surface area contributed by atoms with Gasteiger partial charge in [0.05, 0.1) is 11.0 Å². The Morgan fingerprint density at radius 3 is 1.94 bits per heavy atom. The minimum atomic E-state index is -0.475. The van der Waals surface area contributed by atoms with Gasteiger partial charge in [-0.2, -0.15) is 0 Å². The highest BCUT2D eigenvalue weighted by Crippen LogP contribution is 2.30. The minimum absolute atomic E-state index is 0.105. The van der Waals surface area contributed by atoms with Gasteiger partial charge < -0.3 is 4.90 Å². The van der Waals surface area contributed by atoms with Crippen molar-refractivity contribution >= 4 is 11.6 Å². The number of nitro groups is 1. The van der Waals surface area contributed by atoms with Crippen LogP contribution in [-0.2, 0) is 0 Å². The molecule has 1 aliphatic rings. The zero-order valence-corrected chi connectivity index (χ0v) is 17.5. The van der Waals surface area contributed by atoms with Gasteiger partial charge in [-0.05, 0) is 29.7 Å². The quantitative estimate of drug-likeness (QED) is 0.456. The molecular formula is C25H25N3O3. The van der Waals surface area contributed by atoms with Crippen molar-refractivity contribution in [3.8, 4) is 0 Å². The van der Waals surface area contributed by atoms with Crippen LogP contribution in [0.3, 0.4) is 0 Å². The first-order valence-corrected chi connectivity index (χ1v) is 10.4. The second kappa shape index (κ2) is 9.10. The Morgan fingerprint density at radius 2 is 1.42 bits per heavy atom. The molecule has 0 atom stereocenters. The molecule has 0 saturated carbocycles. The van der Waals surface area contributed by atoms with Crippen LogP contribution in [-0.4, -0.2) is 46.8 Å². The number of piperazine rings is 1. The van der Waals surface area contributed by atoms with Crippen LogP contribution in [0.25, 0.3) is 0 Å².